The third kappa shape index (κ3) is 5.21. The number of benzene rings is 1. The van der Waals surface area contributed by atoms with E-state index in [0.29, 0.717) is 34.7 Å². The molecule has 0 aliphatic heterocycles. The van der Waals surface area contributed by atoms with Gasteiger partial charge in [0.05, 0.1) is 12.8 Å². The number of hydrogen-bond donors (Lipinski definition) is 0. The van der Waals surface area contributed by atoms with Crippen molar-refractivity contribution in [3.8, 4) is 22.8 Å². The number of halogens is 3. The van der Waals surface area contributed by atoms with Crippen LogP contribution >= 0.6 is 11.6 Å². The molecule has 0 N–H and O–H groups in total. The molecule has 0 fully saturated rings. The molecule has 0 aliphatic rings. The predicted octanol–water partition coefficient (Wildman–Crippen LogP) is 5.65. The molecule has 1 aromatic carbocycles. The predicted molar refractivity (Wildman–Crippen MR) is 111 cm³/mol. The van der Waals surface area contributed by atoms with Crippen LogP contribution in [0.1, 0.15) is 32.2 Å². The monoisotopic (exact) mass is 433 g/mol. The molecular weight excluding hydrogens is 412 g/mol. The van der Waals surface area contributed by atoms with E-state index in [0.717, 1.165) is 6.33 Å². The maximum absolute atomic E-state index is 14.6. The van der Waals surface area contributed by atoms with Crippen molar-refractivity contribution in [1.82, 2.24) is 15.0 Å². The Labute approximate surface area is 179 Å². The average molecular weight is 434 g/mol. The van der Waals surface area contributed by atoms with Gasteiger partial charge in [-0.2, -0.15) is 9.37 Å². The van der Waals surface area contributed by atoms with Crippen LogP contribution in [0.4, 0.5) is 8.78 Å². The maximum atomic E-state index is 14.6. The highest BCUT2D eigenvalue weighted by atomic mass is 35.5. The second-order valence-electron chi connectivity index (χ2n) is 7.95. The van der Waals surface area contributed by atoms with Crippen molar-refractivity contribution in [3.63, 3.8) is 0 Å². The van der Waals surface area contributed by atoms with Gasteiger partial charge in [0, 0.05) is 16.8 Å². The molecule has 0 atom stereocenters. The van der Waals surface area contributed by atoms with E-state index in [-0.39, 0.29) is 28.9 Å². The Bertz CT molecular complexity index is 1060. The third-order valence-corrected chi connectivity index (χ3v) is 4.53. The minimum absolute atomic E-state index is 0.0255. The van der Waals surface area contributed by atoms with Crippen molar-refractivity contribution < 1.29 is 18.3 Å². The summed E-state index contributed by atoms with van der Waals surface area (Å²) in [6.45, 7) is 6.19. The van der Waals surface area contributed by atoms with Crippen LogP contribution in [-0.2, 0) is 13.0 Å². The van der Waals surface area contributed by atoms with Crippen LogP contribution in [0.3, 0.4) is 0 Å². The second kappa shape index (κ2) is 8.92. The first-order valence-corrected chi connectivity index (χ1v) is 9.67. The fourth-order valence-electron chi connectivity index (χ4n) is 2.92. The molecule has 0 saturated heterocycles. The molecule has 3 rings (SSSR count). The molecule has 0 bridgehead atoms. The Kier molecular flexibility index (Phi) is 6.51. The van der Waals surface area contributed by atoms with Crippen LogP contribution in [0.2, 0.25) is 5.15 Å². The fraction of sp³-hybridized carbons (Fsp3) is 0.318. The van der Waals surface area contributed by atoms with Crippen LogP contribution < -0.4 is 9.47 Å². The molecule has 8 heteroatoms. The number of aromatic nitrogens is 3. The Morgan fingerprint density at radius 3 is 2.50 bits per heavy atom. The topological polar surface area (TPSA) is 57.1 Å². The molecule has 0 aliphatic carbocycles. The molecule has 0 radical (unpaired) electrons. The minimum atomic E-state index is -0.829. The number of nitrogens with zero attached hydrogens (tertiary/aromatic N) is 3. The van der Waals surface area contributed by atoms with Crippen molar-refractivity contribution in [2.45, 2.75) is 33.8 Å². The summed E-state index contributed by atoms with van der Waals surface area (Å²) in [5.74, 6) is -0.896. The molecule has 5 nitrogen and oxygen atoms in total. The van der Waals surface area contributed by atoms with Crippen LogP contribution in [0, 0.1) is 17.0 Å². The van der Waals surface area contributed by atoms with Gasteiger partial charge < -0.3 is 9.47 Å². The van der Waals surface area contributed by atoms with E-state index in [1.807, 2.05) is 0 Å². The van der Waals surface area contributed by atoms with E-state index >= 15 is 0 Å². The van der Waals surface area contributed by atoms with Gasteiger partial charge in [0.15, 0.2) is 5.15 Å². The molecule has 0 spiro atoms. The van der Waals surface area contributed by atoms with Crippen LogP contribution in [0.25, 0.3) is 11.1 Å². The highest BCUT2D eigenvalue weighted by Gasteiger charge is 2.20. The van der Waals surface area contributed by atoms with Crippen LogP contribution in [0.15, 0.2) is 36.7 Å². The van der Waals surface area contributed by atoms with Gasteiger partial charge >= 0.3 is 0 Å². The lowest BCUT2D eigenvalue weighted by atomic mass is 9.87. The molecule has 158 valence electrons. The number of hydrogen-bond acceptors (Lipinski definition) is 5. The number of pyridine rings is 1. The summed E-state index contributed by atoms with van der Waals surface area (Å²) in [6.07, 6.45) is 1.72. The second-order valence-corrected chi connectivity index (χ2v) is 8.31. The Morgan fingerprint density at radius 1 is 1.03 bits per heavy atom. The average Bonchev–Trinajstić information content (AvgIpc) is 2.69. The Balaban J connectivity index is 1.96. The van der Waals surface area contributed by atoms with E-state index < -0.39 is 5.82 Å². The molecule has 30 heavy (non-hydrogen) atoms. The molecule has 3 aromatic rings. The molecule has 0 unspecified atom stereocenters. The lowest BCUT2D eigenvalue weighted by Gasteiger charge is -2.21. The molecule has 2 aromatic heterocycles. The SMILES string of the molecule is COc1ccc(F)c(-c2ccc(COc3ncnc(Cl)c3F)nc2CC(C)(C)C)c1. The first kappa shape index (κ1) is 21.9. The minimum Gasteiger partial charge on any atom is -0.497 e. The Hall–Kier alpha value is -2.80. The lowest BCUT2D eigenvalue weighted by molar-refractivity contribution is 0.271. The van der Waals surface area contributed by atoms with Gasteiger partial charge in [-0.15, -0.1) is 0 Å². The zero-order valence-corrected chi connectivity index (χ0v) is 17.9. The van der Waals surface area contributed by atoms with E-state index in [4.69, 9.17) is 21.1 Å². The van der Waals surface area contributed by atoms with E-state index in [1.165, 1.54) is 13.2 Å². The zero-order valence-electron chi connectivity index (χ0n) is 17.2. The van der Waals surface area contributed by atoms with Gasteiger partial charge in [0.25, 0.3) is 5.88 Å². The van der Waals surface area contributed by atoms with Crippen molar-refractivity contribution >= 4 is 11.6 Å². The smallest absolute Gasteiger partial charge is 0.255 e. The maximum Gasteiger partial charge on any atom is 0.255 e. The van der Waals surface area contributed by atoms with Gasteiger partial charge in [0.1, 0.15) is 24.5 Å². The lowest BCUT2D eigenvalue weighted by Crippen LogP contribution is -2.13. The molecular formula is C22H22ClF2N3O2. The first-order valence-electron chi connectivity index (χ1n) is 9.29. The third-order valence-electron chi connectivity index (χ3n) is 4.27. The van der Waals surface area contributed by atoms with Gasteiger partial charge in [-0.05, 0) is 36.1 Å². The number of methoxy groups -OCH3 is 1. The molecule has 0 saturated carbocycles. The van der Waals surface area contributed by atoms with Crippen molar-refractivity contribution in [2.24, 2.45) is 5.41 Å². The summed E-state index contributed by atoms with van der Waals surface area (Å²) in [7, 11) is 1.53. The summed E-state index contributed by atoms with van der Waals surface area (Å²) in [5, 5.41) is -0.315. The largest absolute Gasteiger partial charge is 0.497 e. The first-order chi connectivity index (χ1) is 14.2. The summed E-state index contributed by atoms with van der Waals surface area (Å²) >= 11 is 5.65. The van der Waals surface area contributed by atoms with E-state index in [9.17, 15) is 8.78 Å². The summed E-state index contributed by atoms with van der Waals surface area (Å²) in [5.41, 5.74) is 2.24. The standard InChI is InChI=1S/C22H22ClF2N3O2/c1-22(2,3)10-18-15(16-9-14(29-4)6-8-17(16)24)7-5-13(28-18)11-30-21-19(25)20(23)26-12-27-21/h5-9,12H,10-11H2,1-4H3. The fourth-order valence-corrected chi connectivity index (χ4v) is 3.05. The van der Waals surface area contributed by atoms with Gasteiger partial charge in [-0.1, -0.05) is 38.4 Å². The van der Waals surface area contributed by atoms with Crippen molar-refractivity contribution in [2.75, 3.05) is 7.11 Å². The van der Waals surface area contributed by atoms with Crippen LogP contribution in [0.5, 0.6) is 11.6 Å². The molecule has 0 amide bonds. The normalized spacial score (nSPS) is 11.4. The van der Waals surface area contributed by atoms with E-state index in [1.54, 1.807) is 24.3 Å². The van der Waals surface area contributed by atoms with Crippen molar-refractivity contribution in [3.05, 3.63) is 64.8 Å². The number of rotatable bonds is 6. The highest BCUT2D eigenvalue weighted by molar-refractivity contribution is 6.29. The number of ether oxygens (including phenoxy) is 2. The highest BCUT2D eigenvalue weighted by Crippen LogP contribution is 2.32. The zero-order chi connectivity index (χ0) is 21.9. The quantitative estimate of drug-likeness (QED) is 0.470. The summed E-state index contributed by atoms with van der Waals surface area (Å²) in [4.78, 5) is 12.0. The van der Waals surface area contributed by atoms with E-state index in [2.05, 4.69) is 35.7 Å². The van der Waals surface area contributed by atoms with Gasteiger partial charge in [0.2, 0.25) is 5.82 Å². The summed E-state index contributed by atoms with van der Waals surface area (Å²) < 4.78 is 39.2. The van der Waals surface area contributed by atoms with Gasteiger partial charge in [-0.25, -0.2) is 9.37 Å². The van der Waals surface area contributed by atoms with Crippen LogP contribution in [-0.4, -0.2) is 22.1 Å². The summed E-state index contributed by atoms with van der Waals surface area (Å²) in [6, 6.07) is 8.08. The molecule has 2 heterocycles. The van der Waals surface area contributed by atoms with Gasteiger partial charge in [-0.3, -0.25) is 4.98 Å². The van der Waals surface area contributed by atoms with Crippen molar-refractivity contribution in [1.29, 1.82) is 0 Å². The Morgan fingerprint density at radius 2 is 1.80 bits per heavy atom.